The van der Waals surface area contributed by atoms with Crippen molar-refractivity contribution < 1.29 is 9.53 Å². The summed E-state index contributed by atoms with van der Waals surface area (Å²) in [5.41, 5.74) is 2.18. The summed E-state index contributed by atoms with van der Waals surface area (Å²) in [6.45, 7) is 1.82. The molecular weight excluding hydrogens is 396 g/mol. The Kier molecular flexibility index (Phi) is 4.99. The second-order valence-electron chi connectivity index (χ2n) is 4.80. The largest absolute Gasteiger partial charge is 0.468 e. The summed E-state index contributed by atoms with van der Waals surface area (Å²) < 4.78 is 5.83. The van der Waals surface area contributed by atoms with Gasteiger partial charge in [0.2, 0.25) is 0 Å². The number of thioether (sulfide) groups is 1. The van der Waals surface area contributed by atoms with Crippen LogP contribution in [0, 0.1) is 0 Å². The molecule has 0 saturated heterocycles. The number of methoxy groups -OCH3 is 1. The van der Waals surface area contributed by atoms with Crippen molar-refractivity contribution in [1.29, 1.82) is 0 Å². The highest BCUT2D eigenvalue weighted by atomic mass is 79.9. The molecule has 23 heavy (non-hydrogen) atoms. The number of esters is 1. The van der Waals surface area contributed by atoms with Gasteiger partial charge in [0, 0.05) is 15.4 Å². The van der Waals surface area contributed by atoms with Crippen LogP contribution in [-0.2, 0) is 9.53 Å². The van der Waals surface area contributed by atoms with E-state index in [0.29, 0.717) is 0 Å². The Morgan fingerprint density at radius 1 is 1.30 bits per heavy atom. The third-order valence-electron chi connectivity index (χ3n) is 3.31. The van der Waals surface area contributed by atoms with Gasteiger partial charge in [-0.3, -0.25) is 4.79 Å². The van der Waals surface area contributed by atoms with E-state index in [1.807, 2.05) is 19.1 Å². The molecule has 0 spiro atoms. The number of carbonyl (C=O) groups is 1. The van der Waals surface area contributed by atoms with Crippen molar-refractivity contribution in [2.45, 2.75) is 17.2 Å². The van der Waals surface area contributed by atoms with Crippen LogP contribution in [-0.4, -0.2) is 28.3 Å². The monoisotopic (exact) mass is 408 g/mol. The molecule has 0 unspecified atom stereocenters. The Bertz CT molecular complexity index is 849. The number of hydrogen-bond acceptors (Lipinski definition) is 6. The van der Waals surface area contributed by atoms with Crippen LogP contribution in [0.1, 0.15) is 6.92 Å². The smallest absolute Gasteiger partial charge is 0.318 e. The third-order valence-corrected chi connectivity index (χ3v) is 5.81. The lowest BCUT2D eigenvalue weighted by Gasteiger charge is -2.10. The summed E-state index contributed by atoms with van der Waals surface area (Å²) in [6.07, 6.45) is 1.54. The van der Waals surface area contributed by atoms with Crippen LogP contribution in [0.2, 0.25) is 0 Å². The van der Waals surface area contributed by atoms with E-state index < -0.39 is 0 Å². The van der Waals surface area contributed by atoms with Gasteiger partial charge in [0.1, 0.15) is 21.4 Å². The quantitative estimate of drug-likeness (QED) is 0.353. The van der Waals surface area contributed by atoms with Crippen LogP contribution in [0.15, 0.2) is 45.5 Å². The molecule has 0 aliphatic rings. The maximum atomic E-state index is 11.7. The zero-order valence-corrected chi connectivity index (χ0v) is 15.7. The average Bonchev–Trinajstić information content (AvgIpc) is 3.00. The van der Waals surface area contributed by atoms with E-state index in [2.05, 4.69) is 43.4 Å². The lowest BCUT2D eigenvalue weighted by atomic mass is 10.1. The number of ether oxygens (including phenoxy) is 1. The number of benzene rings is 1. The van der Waals surface area contributed by atoms with Gasteiger partial charge in [-0.25, -0.2) is 9.97 Å². The Labute approximate surface area is 150 Å². The number of hydrogen-bond donors (Lipinski definition) is 0. The van der Waals surface area contributed by atoms with Gasteiger partial charge in [0.15, 0.2) is 0 Å². The molecule has 0 aliphatic heterocycles. The molecule has 3 rings (SSSR count). The van der Waals surface area contributed by atoms with E-state index in [1.165, 1.54) is 25.2 Å². The normalized spacial score (nSPS) is 12.3. The first kappa shape index (κ1) is 16.4. The molecule has 0 amide bonds. The van der Waals surface area contributed by atoms with Gasteiger partial charge >= 0.3 is 5.97 Å². The minimum Gasteiger partial charge on any atom is -0.468 e. The van der Waals surface area contributed by atoms with E-state index in [1.54, 1.807) is 11.3 Å². The topological polar surface area (TPSA) is 52.1 Å². The minimum atomic E-state index is -0.323. The van der Waals surface area contributed by atoms with Gasteiger partial charge in [-0.1, -0.05) is 39.8 Å². The fourth-order valence-corrected chi connectivity index (χ4v) is 4.37. The van der Waals surface area contributed by atoms with Crippen molar-refractivity contribution in [3.63, 3.8) is 0 Å². The predicted octanol–water partition coefficient (Wildman–Crippen LogP) is 4.77. The summed E-state index contributed by atoms with van der Waals surface area (Å²) in [7, 11) is 1.40. The number of halogens is 1. The van der Waals surface area contributed by atoms with Gasteiger partial charge in [-0.15, -0.1) is 11.3 Å². The van der Waals surface area contributed by atoms with Gasteiger partial charge < -0.3 is 4.74 Å². The summed E-state index contributed by atoms with van der Waals surface area (Å²) in [5, 5.41) is 3.54. The molecule has 2 heterocycles. The van der Waals surface area contributed by atoms with Crippen LogP contribution < -0.4 is 0 Å². The summed E-state index contributed by atoms with van der Waals surface area (Å²) >= 11 is 6.42. The Morgan fingerprint density at radius 2 is 2.04 bits per heavy atom. The lowest BCUT2D eigenvalue weighted by molar-refractivity contribution is -0.139. The molecular formula is C16H13BrN2O2S2. The Balaban J connectivity index is 2.07. The summed E-state index contributed by atoms with van der Waals surface area (Å²) in [5.74, 6) is -0.262. The highest BCUT2D eigenvalue weighted by Gasteiger charge is 2.20. The van der Waals surface area contributed by atoms with Crippen LogP contribution in [0.25, 0.3) is 21.3 Å². The molecule has 0 saturated carbocycles. The molecule has 0 fully saturated rings. The van der Waals surface area contributed by atoms with Gasteiger partial charge in [0.05, 0.1) is 12.5 Å². The molecule has 1 atom stereocenters. The molecule has 0 aliphatic carbocycles. The maximum absolute atomic E-state index is 11.7. The van der Waals surface area contributed by atoms with Crippen LogP contribution in [0.5, 0.6) is 0 Å². The molecule has 7 heteroatoms. The van der Waals surface area contributed by atoms with Crippen molar-refractivity contribution in [3.05, 3.63) is 40.4 Å². The fourth-order valence-electron chi connectivity index (χ4n) is 2.16. The third kappa shape index (κ3) is 3.41. The van der Waals surface area contributed by atoms with Gasteiger partial charge in [-0.2, -0.15) is 0 Å². The second-order valence-corrected chi connectivity index (χ2v) is 7.90. The first-order chi connectivity index (χ1) is 11.1. The molecule has 3 aromatic rings. The van der Waals surface area contributed by atoms with Crippen molar-refractivity contribution in [3.8, 4) is 11.1 Å². The summed E-state index contributed by atoms with van der Waals surface area (Å²) in [6, 6.07) is 8.12. The molecule has 118 valence electrons. The number of rotatable bonds is 4. The van der Waals surface area contributed by atoms with Crippen molar-refractivity contribution in [2.24, 2.45) is 0 Å². The van der Waals surface area contributed by atoms with Crippen molar-refractivity contribution in [1.82, 2.24) is 9.97 Å². The highest BCUT2D eigenvalue weighted by Crippen LogP contribution is 2.39. The first-order valence-corrected chi connectivity index (χ1v) is 9.38. The van der Waals surface area contributed by atoms with Crippen molar-refractivity contribution in [2.75, 3.05) is 7.11 Å². The van der Waals surface area contributed by atoms with E-state index in [4.69, 9.17) is 4.74 Å². The van der Waals surface area contributed by atoms with Crippen LogP contribution >= 0.6 is 39.0 Å². The minimum absolute atomic E-state index is 0.262. The number of carbonyl (C=O) groups excluding carboxylic acids is 1. The Morgan fingerprint density at radius 3 is 2.74 bits per heavy atom. The fraction of sp³-hybridized carbons (Fsp3) is 0.188. The average molecular weight is 409 g/mol. The Hall–Kier alpha value is -1.44. The highest BCUT2D eigenvalue weighted by molar-refractivity contribution is 9.10. The number of fused-ring (bicyclic) bond motifs is 1. The van der Waals surface area contributed by atoms with Crippen molar-refractivity contribution >= 4 is 55.2 Å². The predicted molar refractivity (Wildman–Crippen MR) is 97.9 cm³/mol. The molecule has 4 nitrogen and oxygen atoms in total. The molecule has 0 bridgehead atoms. The SMILES string of the molecule is COC(=O)[C@H](C)Sc1ncnc2scc(-c3ccc(Br)cc3)c12. The van der Waals surface area contributed by atoms with E-state index >= 15 is 0 Å². The molecule has 2 aromatic heterocycles. The zero-order chi connectivity index (χ0) is 16.4. The number of nitrogens with zero attached hydrogens (tertiary/aromatic N) is 2. The molecule has 1 aromatic carbocycles. The van der Waals surface area contributed by atoms with Crippen LogP contribution in [0.3, 0.4) is 0 Å². The first-order valence-electron chi connectivity index (χ1n) is 6.82. The standard InChI is InChI=1S/C16H13BrN2O2S2/c1-9(16(20)21-2)23-15-13-12(7-22-14(13)18-8-19-15)10-3-5-11(17)6-4-10/h3-9H,1-2H3/t9-/m0/s1. The number of thiophene rings is 1. The lowest BCUT2D eigenvalue weighted by Crippen LogP contribution is -2.14. The maximum Gasteiger partial charge on any atom is 0.318 e. The van der Waals surface area contributed by atoms with E-state index in [-0.39, 0.29) is 11.2 Å². The van der Waals surface area contributed by atoms with Gasteiger partial charge in [-0.05, 0) is 24.6 Å². The number of aromatic nitrogens is 2. The molecule has 0 radical (unpaired) electrons. The van der Waals surface area contributed by atoms with E-state index in [0.717, 1.165) is 30.8 Å². The zero-order valence-electron chi connectivity index (χ0n) is 12.4. The second kappa shape index (κ2) is 6.98. The molecule has 0 N–H and O–H groups in total. The van der Waals surface area contributed by atoms with E-state index in [9.17, 15) is 4.79 Å². The van der Waals surface area contributed by atoms with Gasteiger partial charge in [0.25, 0.3) is 0 Å². The summed E-state index contributed by atoms with van der Waals surface area (Å²) in [4.78, 5) is 21.3. The van der Waals surface area contributed by atoms with Crippen LogP contribution in [0.4, 0.5) is 0 Å².